The van der Waals surface area contributed by atoms with Crippen molar-refractivity contribution in [2.75, 3.05) is 40.6 Å². The lowest BCUT2D eigenvalue weighted by Gasteiger charge is -2.21. The monoisotopic (exact) mass is 626 g/mol. The number of carbonyl (C=O) groups is 1. The summed E-state index contributed by atoms with van der Waals surface area (Å²) in [5.41, 5.74) is 6.34. The van der Waals surface area contributed by atoms with Crippen LogP contribution in [-0.2, 0) is 22.7 Å². The summed E-state index contributed by atoms with van der Waals surface area (Å²) in [5, 5.41) is 19.0. The molecule has 2 N–H and O–H groups in total. The Labute approximate surface area is 272 Å². The van der Waals surface area contributed by atoms with Gasteiger partial charge in [-0.2, -0.15) is 0 Å². The molecule has 0 heterocycles. The van der Waals surface area contributed by atoms with E-state index in [0.717, 1.165) is 44.9 Å². The van der Waals surface area contributed by atoms with Crippen molar-refractivity contribution in [3.05, 3.63) is 107 Å². The first-order valence-electron chi connectivity index (χ1n) is 15.5. The lowest BCUT2D eigenvalue weighted by molar-refractivity contribution is 0.0191. The third kappa shape index (κ3) is 9.04. The number of hydrogen-bond donors (Lipinski definition) is 2. The van der Waals surface area contributed by atoms with Gasteiger partial charge in [0.05, 0.1) is 53.9 Å². The number of benzene rings is 4. The fourth-order valence-corrected chi connectivity index (χ4v) is 4.90. The molecule has 7 heteroatoms. The zero-order valence-corrected chi connectivity index (χ0v) is 27.8. The molecule has 0 aliphatic heterocycles. The smallest absolute Gasteiger partial charge is 0.193 e. The average molecular weight is 627 g/mol. The van der Waals surface area contributed by atoms with Crippen molar-refractivity contribution >= 4 is 5.78 Å². The zero-order chi connectivity index (χ0) is 33.3. The van der Waals surface area contributed by atoms with Crippen molar-refractivity contribution in [2.45, 2.75) is 40.9 Å². The largest absolute Gasteiger partial charge is 0.496 e. The lowest BCUT2D eigenvalue weighted by Crippen LogP contribution is -2.23. The maximum atomic E-state index is 13.4. The minimum absolute atomic E-state index is 0.0465. The summed E-state index contributed by atoms with van der Waals surface area (Å²) in [4.78, 5) is 13.4. The molecule has 0 atom stereocenters. The van der Waals surface area contributed by atoms with Gasteiger partial charge in [0.1, 0.15) is 11.5 Å². The second-order valence-electron chi connectivity index (χ2n) is 13.2. The quantitative estimate of drug-likeness (QED) is 0.126. The van der Waals surface area contributed by atoms with Crippen molar-refractivity contribution in [3.8, 4) is 33.8 Å². The normalized spacial score (nSPS) is 11.8. The van der Waals surface area contributed by atoms with Crippen LogP contribution < -0.4 is 9.47 Å². The Morgan fingerprint density at radius 2 is 0.913 bits per heavy atom. The van der Waals surface area contributed by atoms with Gasteiger partial charge in [0.2, 0.25) is 0 Å². The SMILES string of the molecule is COc1ccc(-c2ccc(C(=O)c3ccc(-c4ccc(OC)c(COCC(C)(C)CO)c4)cc3)cc2)cc1COCC(C)(C)CO. The topological polar surface area (TPSA) is 94.5 Å². The van der Waals surface area contributed by atoms with Gasteiger partial charge in [0, 0.05) is 33.1 Å². The third-order valence-electron chi connectivity index (χ3n) is 7.88. The van der Waals surface area contributed by atoms with E-state index in [9.17, 15) is 15.0 Å². The van der Waals surface area contributed by atoms with E-state index in [2.05, 4.69) is 0 Å². The highest BCUT2D eigenvalue weighted by atomic mass is 16.5. The lowest BCUT2D eigenvalue weighted by atomic mass is 9.96. The summed E-state index contributed by atoms with van der Waals surface area (Å²) in [6.07, 6.45) is 0. The highest BCUT2D eigenvalue weighted by Crippen LogP contribution is 2.30. The number of rotatable bonds is 16. The molecular weight excluding hydrogens is 580 g/mol. The van der Waals surface area contributed by atoms with Crippen LogP contribution in [0.25, 0.3) is 22.3 Å². The Kier molecular flexibility index (Phi) is 11.8. The molecule has 7 nitrogen and oxygen atoms in total. The van der Waals surface area contributed by atoms with Crippen molar-refractivity contribution in [2.24, 2.45) is 10.8 Å². The second kappa shape index (κ2) is 15.5. The van der Waals surface area contributed by atoms with Gasteiger partial charge in [0.15, 0.2) is 5.78 Å². The van der Waals surface area contributed by atoms with Crippen molar-refractivity contribution in [1.82, 2.24) is 0 Å². The molecule has 0 aliphatic rings. The summed E-state index contributed by atoms with van der Waals surface area (Å²) in [6, 6.07) is 27.1. The van der Waals surface area contributed by atoms with Gasteiger partial charge in [-0.25, -0.2) is 0 Å². The van der Waals surface area contributed by atoms with Gasteiger partial charge in [0.25, 0.3) is 0 Å². The number of aliphatic hydroxyl groups is 2. The number of ether oxygens (including phenoxy) is 4. The number of ketones is 1. The van der Waals surface area contributed by atoms with Crippen LogP contribution >= 0.6 is 0 Å². The Morgan fingerprint density at radius 3 is 1.24 bits per heavy atom. The van der Waals surface area contributed by atoms with E-state index in [4.69, 9.17) is 18.9 Å². The summed E-state index contributed by atoms with van der Waals surface area (Å²) in [7, 11) is 3.27. The standard InChI is InChI=1S/C39H46O7/c1-38(2,23-40)25-45-21-33-19-31(15-17-35(33)43-5)27-7-11-29(12-8-27)37(42)30-13-9-28(10-14-30)32-16-18-36(44-6)34(20-32)22-46-26-39(3,4)24-41/h7-20,40-41H,21-26H2,1-6H3. The van der Waals surface area contributed by atoms with Crippen LogP contribution in [0.4, 0.5) is 0 Å². The molecule has 4 aromatic rings. The number of carbonyl (C=O) groups excluding carboxylic acids is 1. The molecule has 0 aromatic heterocycles. The molecule has 0 unspecified atom stereocenters. The molecule has 0 spiro atoms. The molecule has 244 valence electrons. The maximum Gasteiger partial charge on any atom is 0.193 e. The first-order valence-corrected chi connectivity index (χ1v) is 15.5. The fourth-order valence-electron chi connectivity index (χ4n) is 4.90. The zero-order valence-electron chi connectivity index (χ0n) is 27.8. The van der Waals surface area contributed by atoms with E-state index in [-0.39, 0.29) is 29.8 Å². The Balaban J connectivity index is 1.45. The van der Waals surface area contributed by atoms with E-state index in [1.807, 2.05) is 113 Å². The summed E-state index contributed by atoms with van der Waals surface area (Å²) in [5.74, 6) is 1.42. The minimum atomic E-state index is -0.318. The second-order valence-corrected chi connectivity index (χ2v) is 13.2. The molecule has 0 radical (unpaired) electrons. The predicted molar refractivity (Wildman–Crippen MR) is 181 cm³/mol. The van der Waals surface area contributed by atoms with E-state index in [1.54, 1.807) is 14.2 Å². The van der Waals surface area contributed by atoms with E-state index in [0.29, 0.717) is 37.6 Å². The van der Waals surface area contributed by atoms with Crippen molar-refractivity contribution < 1.29 is 34.0 Å². The fraction of sp³-hybridized carbons (Fsp3) is 0.359. The van der Waals surface area contributed by atoms with Gasteiger partial charge in [-0.3, -0.25) is 4.79 Å². The first-order chi connectivity index (χ1) is 22.0. The maximum absolute atomic E-state index is 13.4. The van der Waals surface area contributed by atoms with Crippen LogP contribution in [0.3, 0.4) is 0 Å². The highest BCUT2D eigenvalue weighted by molar-refractivity contribution is 6.09. The molecule has 0 saturated heterocycles. The van der Waals surface area contributed by atoms with Gasteiger partial charge in [-0.1, -0.05) is 88.4 Å². The van der Waals surface area contributed by atoms with Crippen LogP contribution in [0.15, 0.2) is 84.9 Å². The number of methoxy groups -OCH3 is 2. The Hall–Kier alpha value is -4.01. The van der Waals surface area contributed by atoms with Gasteiger partial charge in [-0.15, -0.1) is 0 Å². The molecule has 0 bridgehead atoms. The van der Waals surface area contributed by atoms with Gasteiger partial charge < -0.3 is 29.2 Å². The number of hydrogen-bond acceptors (Lipinski definition) is 7. The molecule has 0 saturated carbocycles. The van der Waals surface area contributed by atoms with E-state index in [1.165, 1.54) is 0 Å². The highest BCUT2D eigenvalue weighted by Gasteiger charge is 2.19. The van der Waals surface area contributed by atoms with E-state index < -0.39 is 0 Å². The van der Waals surface area contributed by atoms with Gasteiger partial charge >= 0.3 is 0 Å². The molecule has 46 heavy (non-hydrogen) atoms. The van der Waals surface area contributed by atoms with Crippen LogP contribution in [0.2, 0.25) is 0 Å². The van der Waals surface area contributed by atoms with E-state index >= 15 is 0 Å². The third-order valence-corrected chi connectivity index (χ3v) is 7.88. The molecular formula is C39H46O7. The van der Waals surface area contributed by atoms with Crippen LogP contribution in [0.1, 0.15) is 54.7 Å². The van der Waals surface area contributed by atoms with Crippen molar-refractivity contribution in [1.29, 1.82) is 0 Å². The van der Waals surface area contributed by atoms with Crippen LogP contribution in [0.5, 0.6) is 11.5 Å². The average Bonchev–Trinajstić information content (AvgIpc) is 3.08. The molecule has 0 aliphatic carbocycles. The van der Waals surface area contributed by atoms with Crippen LogP contribution in [-0.4, -0.2) is 56.6 Å². The first kappa shape index (κ1) is 34.9. The predicted octanol–water partition coefficient (Wildman–Crippen LogP) is 7.34. The Bertz CT molecular complexity index is 1470. The molecule has 4 aromatic carbocycles. The minimum Gasteiger partial charge on any atom is -0.496 e. The summed E-state index contributed by atoms with van der Waals surface area (Å²) < 4.78 is 22.8. The van der Waals surface area contributed by atoms with Crippen LogP contribution in [0, 0.1) is 10.8 Å². The molecule has 4 rings (SSSR count). The summed E-state index contributed by atoms with van der Waals surface area (Å²) >= 11 is 0. The van der Waals surface area contributed by atoms with Crippen molar-refractivity contribution in [3.63, 3.8) is 0 Å². The molecule has 0 amide bonds. The number of aliphatic hydroxyl groups excluding tert-OH is 2. The molecule has 0 fully saturated rings. The summed E-state index contributed by atoms with van der Waals surface area (Å²) in [6.45, 7) is 9.48. The Morgan fingerprint density at radius 1 is 0.565 bits per heavy atom. The van der Waals surface area contributed by atoms with Gasteiger partial charge in [-0.05, 0) is 46.5 Å².